The highest BCUT2D eigenvalue weighted by atomic mass is 16.2. The van der Waals surface area contributed by atoms with Crippen LogP contribution in [0.3, 0.4) is 0 Å². The van der Waals surface area contributed by atoms with Gasteiger partial charge in [-0.2, -0.15) is 0 Å². The number of aromatic nitrogens is 4. The third-order valence-electron chi connectivity index (χ3n) is 4.91. The van der Waals surface area contributed by atoms with E-state index in [0.29, 0.717) is 18.7 Å². The van der Waals surface area contributed by atoms with Crippen molar-refractivity contribution in [1.29, 1.82) is 0 Å². The van der Waals surface area contributed by atoms with E-state index in [4.69, 9.17) is 0 Å². The predicted octanol–water partition coefficient (Wildman–Crippen LogP) is 2.03. The highest BCUT2D eigenvalue weighted by Gasteiger charge is 2.28. The van der Waals surface area contributed by atoms with Crippen LogP contribution in [0.15, 0.2) is 59.9 Å². The molecule has 0 spiro atoms. The average Bonchev–Trinajstić information content (AvgIpc) is 3.17. The number of likely N-dealkylation sites (tertiary alicyclic amines) is 1. The lowest BCUT2D eigenvalue weighted by Crippen LogP contribution is -2.40. The molecular weight excluding hydrogens is 342 g/mol. The number of piperidine rings is 1. The molecule has 0 aromatic carbocycles. The van der Waals surface area contributed by atoms with Gasteiger partial charge in [0.2, 0.25) is 5.56 Å². The molecule has 7 heteroatoms. The lowest BCUT2D eigenvalue weighted by atomic mass is 9.96. The zero-order valence-corrected chi connectivity index (χ0v) is 14.9. The maximum Gasteiger partial charge on any atom is 0.255 e. The third kappa shape index (κ3) is 3.81. The first-order valence-electron chi connectivity index (χ1n) is 9.09. The number of nitrogens with zero attached hydrogens (tertiary/aromatic N) is 4. The van der Waals surface area contributed by atoms with Crippen LogP contribution in [-0.4, -0.2) is 43.4 Å². The van der Waals surface area contributed by atoms with Crippen molar-refractivity contribution in [3.8, 4) is 0 Å². The second kappa shape index (κ2) is 7.57. The fourth-order valence-corrected chi connectivity index (χ4v) is 3.58. The van der Waals surface area contributed by atoms with E-state index in [0.717, 1.165) is 30.9 Å². The van der Waals surface area contributed by atoms with Crippen LogP contribution in [0.1, 0.15) is 40.6 Å². The summed E-state index contributed by atoms with van der Waals surface area (Å²) < 4.78 is 2.11. The lowest BCUT2D eigenvalue weighted by Gasteiger charge is -2.32. The number of aromatic amines is 1. The maximum atomic E-state index is 12.8. The van der Waals surface area contributed by atoms with E-state index in [1.807, 2.05) is 29.3 Å². The number of imidazole rings is 1. The van der Waals surface area contributed by atoms with Crippen LogP contribution in [0.4, 0.5) is 0 Å². The topological polar surface area (TPSA) is 83.9 Å². The summed E-state index contributed by atoms with van der Waals surface area (Å²) in [6, 6.07) is 8.83. The number of hydrogen-bond acceptors (Lipinski definition) is 4. The van der Waals surface area contributed by atoms with Crippen molar-refractivity contribution in [3.63, 3.8) is 0 Å². The SMILES string of the molecule is O=C(c1ccc(=O)[nH]c1)N1CCC[C@@H](c2nccn2Cc2ccccn2)C1. The molecule has 0 aliphatic carbocycles. The summed E-state index contributed by atoms with van der Waals surface area (Å²) in [5.41, 5.74) is 1.28. The van der Waals surface area contributed by atoms with Crippen LogP contribution in [0, 0.1) is 0 Å². The van der Waals surface area contributed by atoms with Crippen LogP contribution in [0.5, 0.6) is 0 Å². The number of carbonyl (C=O) groups is 1. The Balaban J connectivity index is 1.50. The van der Waals surface area contributed by atoms with Gasteiger partial charge in [-0.25, -0.2) is 4.98 Å². The summed E-state index contributed by atoms with van der Waals surface area (Å²) >= 11 is 0. The minimum Gasteiger partial charge on any atom is -0.338 e. The quantitative estimate of drug-likeness (QED) is 0.769. The molecule has 0 saturated carbocycles. The maximum absolute atomic E-state index is 12.8. The van der Waals surface area contributed by atoms with Crippen molar-refractivity contribution in [2.24, 2.45) is 0 Å². The van der Waals surface area contributed by atoms with Crippen molar-refractivity contribution in [2.45, 2.75) is 25.3 Å². The summed E-state index contributed by atoms with van der Waals surface area (Å²) in [5, 5.41) is 0. The Morgan fingerprint density at radius 3 is 2.89 bits per heavy atom. The Bertz CT molecular complexity index is 959. The van der Waals surface area contributed by atoms with Crippen molar-refractivity contribution in [2.75, 3.05) is 13.1 Å². The first kappa shape index (κ1) is 17.2. The normalized spacial score (nSPS) is 17.0. The number of rotatable bonds is 4. The van der Waals surface area contributed by atoms with E-state index in [9.17, 15) is 9.59 Å². The van der Waals surface area contributed by atoms with Crippen molar-refractivity contribution < 1.29 is 4.79 Å². The van der Waals surface area contributed by atoms with E-state index < -0.39 is 0 Å². The Morgan fingerprint density at radius 2 is 2.11 bits per heavy atom. The molecule has 1 aliphatic rings. The standard InChI is InChI=1S/C20H21N5O2/c26-18-7-6-15(12-23-18)20(27)25-10-3-4-16(13-25)19-22-9-11-24(19)14-17-5-1-2-8-21-17/h1-2,5-9,11-12,16H,3-4,10,13-14H2,(H,23,26)/t16-/m1/s1. The summed E-state index contributed by atoms with van der Waals surface area (Å²) in [6.45, 7) is 2.01. The monoisotopic (exact) mass is 363 g/mol. The Hall–Kier alpha value is -3.22. The van der Waals surface area contributed by atoms with E-state index >= 15 is 0 Å². The molecule has 4 heterocycles. The molecule has 1 aliphatic heterocycles. The van der Waals surface area contributed by atoms with Gasteiger partial charge < -0.3 is 14.5 Å². The molecule has 0 bridgehead atoms. The molecule has 4 rings (SSSR count). The fourth-order valence-electron chi connectivity index (χ4n) is 3.58. The number of hydrogen-bond donors (Lipinski definition) is 1. The van der Waals surface area contributed by atoms with Crippen LogP contribution < -0.4 is 5.56 Å². The van der Waals surface area contributed by atoms with Crippen LogP contribution in [-0.2, 0) is 6.54 Å². The van der Waals surface area contributed by atoms with Gasteiger partial charge in [-0.15, -0.1) is 0 Å². The Kier molecular flexibility index (Phi) is 4.82. The van der Waals surface area contributed by atoms with Crippen molar-refractivity contribution in [3.05, 3.63) is 82.6 Å². The summed E-state index contributed by atoms with van der Waals surface area (Å²) in [4.78, 5) is 37.4. The smallest absolute Gasteiger partial charge is 0.255 e. The minimum atomic E-state index is -0.209. The highest BCUT2D eigenvalue weighted by molar-refractivity contribution is 5.93. The first-order chi connectivity index (χ1) is 13.2. The van der Waals surface area contributed by atoms with Gasteiger partial charge >= 0.3 is 0 Å². The fraction of sp³-hybridized carbons (Fsp3) is 0.300. The van der Waals surface area contributed by atoms with Crippen molar-refractivity contribution in [1.82, 2.24) is 24.4 Å². The van der Waals surface area contributed by atoms with Crippen LogP contribution >= 0.6 is 0 Å². The van der Waals surface area contributed by atoms with E-state index in [1.54, 1.807) is 18.5 Å². The van der Waals surface area contributed by atoms with Crippen molar-refractivity contribution >= 4 is 5.91 Å². The summed E-state index contributed by atoms with van der Waals surface area (Å²) in [6.07, 6.45) is 8.96. The predicted molar refractivity (Wildman–Crippen MR) is 101 cm³/mol. The zero-order valence-electron chi connectivity index (χ0n) is 14.9. The molecule has 0 unspecified atom stereocenters. The van der Waals surface area contributed by atoms with Crippen LogP contribution in [0.25, 0.3) is 0 Å². The second-order valence-electron chi connectivity index (χ2n) is 6.77. The molecular formula is C20H21N5O2. The second-order valence-corrected chi connectivity index (χ2v) is 6.77. The summed E-state index contributed by atoms with van der Waals surface area (Å²) in [7, 11) is 0. The van der Waals surface area contributed by atoms with Crippen LogP contribution in [0.2, 0.25) is 0 Å². The molecule has 0 radical (unpaired) electrons. The molecule has 1 saturated heterocycles. The Morgan fingerprint density at radius 1 is 1.19 bits per heavy atom. The van der Waals surface area contributed by atoms with Gasteiger partial charge in [0, 0.05) is 49.9 Å². The van der Waals surface area contributed by atoms with Gasteiger partial charge in [-0.05, 0) is 31.0 Å². The van der Waals surface area contributed by atoms with Gasteiger partial charge in [-0.3, -0.25) is 14.6 Å². The lowest BCUT2D eigenvalue weighted by molar-refractivity contribution is 0.0703. The number of amides is 1. The molecule has 1 fully saturated rings. The minimum absolute atomic E-state index is 0.0567. The molecule has 27 heavy (non-hydrogen) atoms. The van der Waals surface area contributed by atoms with E-state index in [1.165, 1.54) is 12.3 Å². The molecule has 138 valence electrons. The van der Waals surface area contributed by atoms with Gasteiger partial charge in [0.15, 0.2) is 0 Å². The van der Waals surface area contributed by atoms with Gasteiger partial charge in [0.05, 0.1) is 17.8 Å². The highest BCUT2D eigenvalue weighted by Crippen LogP contribution is 2.27. The number of pyridine rings is 2. The zero-order chi connectivity index (χ0) is 18.6. The molecule has 1 atom stereocenters. The largest absolute Gasteiger partial charge is 0.338 e. The number of H-pyrrole nitrogens is 1. The molecule has 1 amide bonds. The van der Waals surface area contributed by atoms with Gasteiger partial charge in [0.25, 0.3) is 5.91 Å². The molecule has 3 aromatic heterocycles. The van der Waals surface area contributed by atoms with Gasteiger partial charge in [0.1, 0.15) is 5.82 Å². The first-order valence-corrected chi connectivity index (χ1v) is 9.09. The number of carbonyl (C=O) groups excluding carboxylic acids is 1. The summed E-state index contributed by atoms with van der Waals surface area (Å²) in [5.74, 6) is 1.11. The Labute approximate surface area is 156 Å². The number of nitrogens with one attached hydrogen (secondary N) is 1. The molecule has 1 N–H and O–H groups in total. The average molecular weight is 363 g/mol. The van der Waals surface area contributed by atoms with E-state index in [2.05, 4.69) is 19.5 Å². The van der Waals surface area contributed by atoms with E-state index in [-0.39, 0.29) is 17.4 Å². The van der Waals surface area contributed by atoms with Gasteiger partial charge in [-0.1, -0.05) is 6.07 Å². The molecule has 7 nitrogen and oxygen atoms in total. The third-order valence-corrected chi connectivity index (χ3v) is 4.91. The molecule has 3 aromatic rings.